The molecule has 1 N–H and O–H groups in total. The summed E-state index contributed by atoms with van der Waals surface area (Å²) in [5, 5.41) is 3.72. The lowest BCUT2D eigenvalue weighted by atomic mass is 10.0. The first-order valence-corrected chi connectivity index (χ1v) is 11.0. The van der Waals surface area contributed by atoms with Gasteiger partial charge < -0.3 is 10.2 Å². The molecule has 0 radical (unpaired) electrons. The second-order valence-corrected chi connectivity index (χ2v) is 8.60. The lowest BCUT2D eigenvalue weighted by molar-refractivity contribution is -0.143. The Hall–Kier alpha value is -2.30. The van der Waals surface area contributed by atoms with Gasteiger partial charge in [0, 0.05) is 46.2 Å². The molecule has 1 aliphatic heterocycles. The molecule has 1 unspecified atom stereocenters. The van der Waals surface area contributed by atoms with Crippen LogP contribution in [0.4, 0.5) is 26.3 Å². The number of carbonyl (C=O) groups is 1. The topological polar surface area (TPSA) is 35.6 Å². The molecule has 0 bridgehead atoms. The highest BCUT2D eigenvalue weighted by Crippen LogP contribution is 2.36. The normalized spacial score (nSPS) is 16.4. The number of benzene rings is 2. The second-order valence-electron chi connectivity index (χ2n) is 8.16. The molecule has 3 rings (SSSR count). The van der Waals surface area contributed by atoms with Crippen LogP contribution in [0.5, 0.6) is 0 Å². The van der Waals surface area contributed by atoms with Crippen LogP contribution in [0.25, 0.3) is 0 Å². The zero-order chi connectivity index (χ0) is 25.1. The molecule has 1 fully saturated rings. The minimum Gasteiger partial charge on any atom is -0.344 e. The third-order valence-electron chi connectivity index (χ3n) is 5.70. The van der Waals surface area contributed by atoms with Crippen LogP contribution >= 0.6 is 11.6 Å². The van der Waals surface area contributed by atoms with Gasteiger partial charge in [0.2, 0.25) is 5.91 Å². The van der Waals surface area contributed by atoms with Gasteiger partial charge in [-0.15, -0.1) is 0 Å². The summed E-state index contributed by atoms with van der Waals surface area (Å²) < 4.78 is 78.8. The number of likely N-dealkylation sites (N-methyl/N-ethyl adjacent to an activating group) is 1. The number of piperazine rings is 1. The van der Waals surface area contributed by atoms with Crippen LogP contribution in [0.15, 0.2) is 42.5 Å². The Morgan fingerprint density at radius 3 is 2.06 bits per heavy atom. The van der Waals surface area contributed by atoms with Gasteiger partial charge in [-0.25, -0.2) is 0 Å². The van der Waals surface area contributed by atoms with Gasteiger partial charge in [0.1, 0.15) is 6.04 Å². The standard InChI is InChI=1S/C23H24ClF6N3O.H2/c1-32(9-6-15-12-17(22(25,26)27)14-18(13-15)23(28,29)30)21(34)20(33-10-7-31-8-11-33)16-2-4-19(24)5-3-16;/h2-5,12-14,20,31H,6-11H2,1H3;1H. The smallest absolute Gasteiger partial charge is 0.344 e. The maximum Gasteiger partial charge on any atom is 0.416 e. The maximum atomic E-state index is 13.4. The number of amides is 1. The predicted molar refractivity (Wildman–Crippen MR) is 119 cm³/mol. The summed E-state index contributed by atoms with van der Waals surface area (Å²) in [4.78, 5) is 16.7. The average molecular weight is 510 g/mol. The Morgan fingerprint density at radius 2 is 1.56 bits per heavy atom. The summed E-state index contributed by atoms with van der Waals surface area (Å²) in [6.45, 7) is 2.54. The lowest BCUT2D eigenvalue weighted by Crippen LogP contribution is -2.50. The van der Waals surface area contributed by atoms with E-state index in [9.17, 15) is 31.1 Å². The first-order valence-electron chi connectivity index (χ1n) is 10.6. The van der Waals surface area contributed by atoms with Gasteiger partial charge in [-0.05, 0) is 47.9 Å². The van der Waals surface area contributed by atoms with Crippen molar-refractivity contribution in [2.75, 3.05) is 39.8 Å². The monoisotopic (exact) mass is 509 g/mol. The summed E-state index contributed by atoms with van der Waals surface area (Å²) in [6, 6.07) is 7.66. The fourth-order valence-corrected chi connectivity index (χ4v) is 4.00. The summed E-state index contributed by atoms with van der Waals surface area (Å²) in [5.41, 5.74) is -2.18. The van der Waals surface area contributed by atoms with Gasteiger partial charge in [-0.1, -0.05) is 23.7 Å². The van der Waals surface area contributed by atoms with Crippen molar-refractivity contribution < 1.29 is 32.6 Å². The molecule has 1 aliphatic rings. The van der Waals surface area contributed by atoms with Crippen LogP contribution < -0.4 is 5.32 Å². The Balaban J connectivity index is 0.00000432. The fourth-order valence-electron chi connectivity index (χ4n) is 3.87. The van der Waals surface area contributed by atoms with Crippen molar-refractivity contribution >= 4 is 17.5 Å². The summed E-state index contributed by atoms with van der Waals surface area (Å²) in [5.74, 6) is -0.299. The van der Waals surface area contributed by atoms with E-state index in [1.54, 1.807) is 24.3 Å². The number of hydrogen-bond acceptors (Lipinski definition) is 3. The quantitative estimate of drug-likeness (QED) is 0.539. The second kappa shape index (κ2) is 10.5. The minimum atomic E-state index is -4.92. The number of rotatable bonds is 6. The SMILES string of the molecule is CN(CCc1cc(C(F)(F)F)cc(C(F)(F)F)c1)C(=O)C(c1ccc(Cl)cc1)N1CCNCC1.[HH]. The molecule has 0 aromatic heterocycles. The van der Waals surface area contributed by atoms with Crippen LogP contribution in [0.1, 0.15) is 29.7 Å². The van der Waals surface area contributed by atoms with E-state index in [0.717, 1.165) is 0 Å². The molecule has 188 valence electrons. The van der Waals surface area contributed by atoms with Crippen LogP contribution in [0.2, 0.25) is 5.02 Å². The zero-order valence-electron chi connectivity index (χ0n) is 18.3. The number of nitrogens with zero attached hydrogens (tertiary/aromatic N) is 2. The number of alkyl halides is 6. The summed E-state index contributed by atoms with van der Waals surface area (Å²) in [7, 11) is 1.49. The van der Waals surface area contributed by atoms with Gasteiger partial charge in [-0.3, -0.25) is 9.69 Å². The van der Waals surface area contributed by atoms with Crippen LogP contribution in [-0.2, 0) is 23.6 Å². The molecule has 1 atom stereocenters. The molecule has 2 aromatic carbocycles. The van der Waals surface area contributed by atoms with Gasteiger partial charge in [0.15, 0.2) is 0 Å². The van der Waals surface area contributed by atoms with Crippen molar-refractivity contribution in [1.29, 1.82) is 0 Å². The Bertz CT molecular complexity index is 962. The Labute approximate surface area is 200 Å². The molecular formula is C23H26ClF6N3O. The van der Waals surface area contributed by atoms with E-state index in [-0.39, 0.29) is 31.9 Å². The van der Waals surface area contributed by atoms with Gasteiger partial charge >= 0.3 is 12.4 Å². The Morgan fingerprint density at radius 1 is 1.03 bits per heavy atom. The van der Waals surface area contributed by atoms with E-state index in [1.165, 1.54) is 11.9 Å². The predicted octanol–water partition coefficient (Wildman–Crippen LogP) is 5.27. The van der Waals surface area contributed by atoms with Gasteiger partial charge in [0.05, 0.1) is 11.1 Å². The van der Waals surface area contributed by atoms with Crippen molar-refractivity contribution in [2.45, 2.75) is 24.8 Å². The molecule has 34 heavy (non-hydrogen) atoms. The first kappa shape index (κ1) is 26.3. The van der Waals surface area contributed by atoms with E-state index in [0.29, 0.717) is 48.9 Å². The molecule has 1 heterocycles. The van der Waals surface area contributed by atoms with E-state index in [2.05, 4.69) is 5.32 Å². The number of nitrogens with one attached hydrogen (secondary N) is 1. The molecular weight excluding hydrogens is 484 g/mol. The Kier molecular flexibility index (Phi) is 8.15. The van der Waals surface area contributed by atoms with E-state index >= 15 is 0 Å². The maximum absolute atomic E-state index is 13.4. The zero-order valence-corrected chi connectivity index (χ0v) is 19.1. The summed E-state index contributed by atoms with van der Waals surface area (Å²) in [6.07, 6.45) is -10.00. The van der Waals surface area contributed by atoms with Crippen molar-refractivity contribution in [3.63, 3.8) is 0 Å². The third kappa shape index (κ3) is 6.64. The van der Waals surface area contributed by atoms with E-state index in [4.69, 9.17) is 11.6 Å². The van der Waals surface area contributed by atoms with Crippen molar-refractivity contribution in [1.82, 2.24) is 15.1 Å². The largest absolute Gasteiger partial charge is 0.416 e. The summed E-state index contributed by atoms with van der Waals surface area (Å²) >= 11 is 5.97. The van der Waals surface area contributed by atoms with E-state index in [1.807, 2.05) is 4.90 Å². The molecule has 0 saturated carbocycles. The molecule has 1 amide bonds. The van der Waals surface area contributed by atoms with Crippen molar-refractivity contribution in [3.05, 3.63) is 69.7 Å². The highest BCUT2D eigenvalue weighted by molar-refractivity contribution is 6.30. The molecule has 11 heteroatoms. The van der Waals surface area contributed by atoms with Crippen LogP contribution in [0.3, 0.4) is 0 Å². The fraction of sp³-hybridized carbons (Fsp3) is 0.435. The number of hydrogen-bond donors (Lipinski definition) is 1. The van der Waals surface area contributed by atoms with Crippen molar-refractivity contribution in [2.24, 2.45) is 0 Å². The van der Waals surface area contributed by atoms with E-state index < -0.39 is 29.5 Å². The van der Waals surface area contributed by atoms with Crippen LogP contribution in [0, 0.1) is 0 Å². The highest BCUT2D eigenvalue weighted by atomic mass is 35.5. The highest BCUT2D eigenvalue weighted by Gasteiger charge is 2.37. The van der Waals surface area contributed by atoms with Crippen LogP contribution in [-0.4, -0.2) is 55.5 Å². The minimum absolute atomic E-state index is 0. The molecule has 1 saturated heterocycles. The number of carbonyl (C=O) groups excluding carboxylic acids is 1. The molecule has 4 nitrogen and oxygen atoms in total. The van der Waals surface area contributed by atoms with Gasteiger partial charge in [0.25, 0.3) is 0 Å². The van der Waals surface area contributed by atoms with Gasteiger partial charge in [-0.2, -0.15) is 26.3 Å². The lowest BCUT2D eigenvalue weighted by Gasteiger charge is -2.36. The molecule has 0 spiro atoms. The number of halogens is 7. The van der Waals surface area contributed by atoms with Crippen molar-refractivity contribution in [3.8, 4) is 0 Å². The molecule has 0 aliphatic carbocycles. The first-order chi connectivity index (χ1) is 15.9. The third-order valence-corrected chi connectivity index (χ3v) is 5.95. The average Bonchev–Trinajstić information content (AvgIpc) is 2.78. The molecule has 2 aromatic rings.